The molecule has 3 rings (SSSR count). The molecular formula is C21H8F18O4S2. The number of hydrogen-bond donors (Lipinski definition) is 0. The second kappa shape index (κ2) is 9.80. The lowest BCUT2D eigenvalue weighted by atomic mass is 10.1. The third-order valence-electron chi connectivity index (χ3n) is 6.36. The van der Waals surface area contributed by atoms with Gasteiger partial charge in [0, 0.05) is 6.42 Å². The molecule has 254 valence electrons. The van der Waals surface area contributed by atoms with Gasteiger partial charge < -0.3 is 0 Å². The normalized spacial score (nSPS) is 16.0. The van der Waals surface area contributed by atoms with Crippen LogP contribution >= 0.6 is 0 Å². The van der Waals surface area contributed by atoms with E-state index in [1.165, 1.54) is 0 Å². The minimum absolute atomic E-state index is 0.0871. The summed E-state index contributed by atoms with van der Waals surface area (Å²) in [6, 6.07) is 3.27. The van der Waals surface area contributed by atoms with Crippen LogP contribution in [-0.2, 0) is 26.1 Å². The molecule has 0 heterocycles. The third kappa shape index (κ3) is 4.58. The smallest absolute Gasteiger partial charge is 0.217 e. The van der Waals surface area contributed by atoms with Gasteiger partial charge in [-0.05, 0) is 28.3 Å². The van der Waals surface area contributed by atoms with E-state index in [-0.39, 0.29) is 11.6 Å². The highest BCUT2D eigenvalue weighted by Gasteiger charge is 2.87. The summed E-state index contributed by atoms with van der Waals surface area (Å²) in [5.74, 6) is -32.3. The Balaban J connectivity index is 2.50. The number of rotatable bonds is 8. The fraction of sp³-hybridized carbons (Fsp3) is 0.429. The molecule has 0 spiro atoms. The molecule has 4 nitrogen and oxygen atoms in total. The second-order valence-corrected chi connectivity index (χ2v) is 13.0. The Labute approximate surface area is 237 Å². The van der Waals surface area contributed by atoms with Crippen molar-refractivity contribution in [2.75, 3.05) is 0 Å². The quantitative estimate of drug-likeness (QED) is 0.224. The average Bonchev–Trinajstić information content (AvgIpc) is 3.24. The minimum Gasteiger partial charge on any atom is -0.217 e. The summed E-state index contributed by atoms with van der Waals surface area (Å²) in [6.07, 6.45) is -16.8. The third-order valence-corrected chi connectivity index (χ3v) is 10.3. The molecular weight excluding hydrogens is 722 g/mol. The summed E-state index contributed by atoms with van der Waals surface area (Å²) >= 11 is 0. The number of sulfone groups is 2. The lowest BCUT2D eigenvalue weighted by Crippen LogP contribution is -2.64. The fourth-order valence-corrected chi connectivity index (χ4v) is 7.57. The van der Waals surface area contributed by atoms with Crippen molar-refractivity contribution in [3.63, 3.8) is 0 Å². The summed E-state index contributed by atoms with van der Waals surface area (Å²) in [5, 5.41) is -15.8. The maximum Gasteiger partial charge on any atom is 0.460 e. The maximum atomic E-state index is 14.8. The van der Waals surface area contributed by atoms with E-state index < -0.39 is 105 Å². The van der Waals surface area contributed by atoms with Crippen LogP contribution in [0.1, 0.15) is 11.1 Å². The summed E-state index contributed by atoms with van der Waals surface area (Å²) in [5.41, 5.74) is -3.43. The van der Waals surface area contributed by atoms with Gasteiger partial charge in [0.05, 0.1) is 9.79 Å². The van der Waals surface area contributed by atoms with Crippen molar-refractivity contribution in [2.24, 2.45) is 0 Å². The predicted octanol–water partition coefficient (Wildman–Crippen LogP) is 7.66. The summed E-state index contributed by atoms with van der Waals surface area (Å²) in [6.45, 7) is 0. The van der Waals surface area contributed by atoms with E-state index in [1.54, 1.807) is 0 Å². The van der Waals surface area contributed by atoms with Gasteiger partial charge in [0.25, 0.3) is 19.7 Å². The lowest BCUT2D eigenvalue weighted by molar-refractivity contribution is -0.382. The fourth-order valence-electron chi connectivity index (χ4n) is 3.99. The first-order chi connectivity index (χ1) is 19.7. The first kappa shape index (κ1) is 36.5. The molecule has 45 heavy (non-hydrogen) atoms. The van der Waals surface area contributed by atoms with Crippen molar-refractivity contribution >= 4 is 19.7 Å². The van der Waals surface area contributed by atoms with Crippen LogP contribution in [0.15, 0.2) is 46.2 Å². The van der Waals surface area contributed by atoms with Gasteiger partial charge in [-0.3, -0.25) is 0 Å². The van der Waals surface area contributed by atoms with Gasteiger partial charge in [-0.25, -0.2) is 16.8 Å². The molecule has 0 atom stereocenters. The molecule has 2 aromatic carbocycles. The maximum absolute atomic E-state index is 14.8. The molecule has 0 N–H and O–H groups in total. The lowest BCUT2D eigenvalue weighted by Gasteiger charge is -2.35. The van der Waals surface area contributed by atoms with Crippen molar-refractivity contribution in [2.45, 2.75) is 62.8 Å². The van der Waals surface area contributed by atoms with Gasteiger partial charge >= 0.3 is 46.6 Å². The highest BCUT2D eigenvalue weighted by Crippen LogP contribution is 2.60. The first-order valence-electron chi connectivity index (χ1n) is 10.8. The summed E-state index contributed by atoms with van der Waals surface area (Å²) in [7, 11) is -16.6. The van der Waals surface area contributed by atoms with E-state index in [1.807, 2.05) is 0 Å². The molecule has 0 saturated heterocycles. The van der Waals surface area contributed by atoms with Crippen LogP contribution < -0.4 is 0 Å². The Kier molecular flexibility index (Phi) is 7.96. The van der Waals surface area contributed by atoms with E-state index in [9.17, 15) is 95.9 Å². The van der Waals surface area contributed by atoms with Gasteiger partial charge in [-0.15, -0.1) is 0 Å². The zero-order valence-corrected chi connectivity index (χ0v) is 22.1. The molecule has 0 saturated carbocycles. The first-order valence-corrected chi connectivity index (χ1v) is 13.8. The Morgan fingerprint density at radius 1 is 0.467 bits per heavy atom. The van der Waals surface area contributed by atoms with Crippen LogP contribution in [0.3, 0.4) is 0 Å². The van der Waals surface area contributed by atoms with Gasteiger partial charge in [-0.2, -0.15) is 79.0 Å². The zero-order valence-electron chi connectivity index (χ0n) is 20.4. The number of fused-ring (bicyclic) bond motifs is 3. The summed E-state index contributed by atoms with van der Waals surface area (Å²) < 4.78 is 296. The molecule has 24 heteroatoms. The Bertz CT molecular complexity index is 1740. The molecule has 1 aliphatic carbocycles. The highest BCUT2D eigenvalue weighted by atomic mass is 32.2. The van der Waals surface area contributed by atoms with E-state index in [0.29, 0.717) is 0 Å². The molecule has 0 aromatic heterocycles. The molecule has 2 aromatic rings. The molecule has 0 unspecified atom stereocenters. The van der Waals surface area contributed by atoms with Gasteiger partial charge in [0.15, 0.2) is 0 Å². The molecule has 0 radical (unpaired) electrons. The van der Waals surface area contributed by atoms with E-state index in [2.05, 4.69) is 0 Å². The van der Waals surface area contributed by atoms with Crippen LogP contribution in [0, 0.1) is 0 Å². The average molecular weight is 730 g/mol. The van der Waals surface area contributed by atoms with E-state index >= 15 is 0 Å². The van der Waals surface area contributed by atoms with Crippen molar-refractivity contribution in [3.8, 4) is 11.1 Å². The highest BCUT2D eigenvalue weighted by molar-refractivity contribution is 7.95. The standard InChI is InChI=1S/C21H8F18O4S2/c22-14(23,18(30,31)32)16(26,27)20(36,37)44(40,41)12-6-5-10-9-4-2-1-3-8(9)7-11(10)13(12)45(42,43)21(38,39)17(28,29)15(24,25)19(33,34)35/h1-6H,7H2. The Morgan fingerprint density at radius 3 is 1.29 bits per heavy atom. The Morgan fingerprint density at radius 2 is 0.867 bits per heavy atom. The van der Waals surface area contributed by atoms with Gasteiger partial charge in [0.1, 0.15) is 0 Å². The zero-order chi connectivity index (χ0) is 35.4. The SMILES string of the molecule is O=S(=O)(c1ccc2c(c1S(=O)(=O)C(F)(F)C(F)(F)C(F)(F)C(F)(F)F)Cc1ccccc1-2)C(F)(F)C(F)(F)C(F)(F)C(F)(F)F. The van der Waals surface area contributed by atoms with E-state index in [0.717, 1.165) is 24.3 Å². The number of benzene rings is 2. The number of hydrogen-bond acceptors (Lipinski definition) is 4. The second-order valence-electron chi connectivity index (χ2n) is 9.09. The van der Waals surface area contributed by atoms with E-state index in [4.69, 9.17) is 0 Å². The summed E-state index contributed by atoms with van der Waals surface area (Å²) in [4.78, 5) is -6.63. The topological polar surface area (TPSA) is 68.3 Å². The molecule has 0 aliphatic heterocycles. The molecule has 0 bridgehead atoms. The number of alkyl halides is 18. The molecule has 1 aliphatic rings. The van der Waals surface area contributed by atoms with Crippen molar-refractivity contribution in [1.29, 1.82) is 0 Å². The Hall–Kier alpha value is -2.92. The van der Waals surface area contributed by atoms with Crippen LogP contribution in [0.25, 0.3) is 11.1 Å². The van der Waals surface area contributed by atoms with Crippen molar-refractivity contribution in [3.05, 3.63) is 47.5 Å². The molecule has 0 amide bonds. The van der Waals surface area contributed by atoms with Crippen LogP contribution in [0.2, 0.25) is 0 Å². The minimum atomic E-state index is -8.30. The molecule has 0 fully saturated rings. The monoisotopic (exact) mass is 730 g/mol. The van der Waals surface area contributed by atoms with Crippen molar-refractivity contribution in [1.82, 2.24) is 0 Å². The van der Waals surface area contributed by atoms with Crippen LogP contribution in [-0.4, -0.2) is 63.4 Å². The number of halogens is 18. The predicted molar refractivity (Wildman–Crippen MR) is 111 cm³/mol. The largest absolute Gasteiger partial charge is 0.460 e. The van der Waals surface area contributed by atoms with Gasteiger partial charge in [0.2, 0.25) is 0 Å². The van der Waals surface area contributed by atoms with Gasteiger partial charge in [-0.1, -0.05) is 30.3 Å². The van der Waals surface area contributed by atoms with Crippen LogP contribution in [0.5, 0.6) is 0 Å². The van der Waals surface area contributed by atoms with Crippen LogP contribution in [0.4, 0.5) is 79.0 Å². The van der Waals surface area contributed by atoms with Crippen molar-refractivity contribution < 1.29 is 95.9 Å².